The van der Waals surface area contributed by atoms with Crippen LogP contribution in [0.5, 0.6) is 0 Å². The number of benzene rings is 1. The Morgan fingerprint density at radius 3 is 3.00 bits per heavy atom. The van der Waals surface area contributed by atoms with Crippen LogP contribution < -0.4 is 5.73 Å². The third kappa shape index (κ3) is 2.79. The highest BCUT2D eigenvalue weighted by molar-refractivity contribution is 7.98. The molecule has 0 radical (unpaired) electrons. The molecule has 0 saturated heterocycles. The Morgan fingerprint density at radius 2 is 2.20 bits per heavy atom. The summed E-state index contributed by atoms with van der Waals surface area (Å²) in [6, 6.07) is 9.24. The summed E-state index contributed by atoms with van der Waals surface area (Å²) in [7, 11) is 0. The highest BCUT2D eigenvalue weighted by Crippen LogP contribution is 2.34. The van der Waals surface area contributed by atoms with Gasteiger partial charge in [0.25, 0.3) is 0 Å². The number of aromatic nitrogens is 6. The molecule has 0 atom stereocenters. The van der Waals surface area contributed by atoms with Crippen molar-refractivity contribution in [2.45, 2.75) is 10.6 Å². The highest BCUT2D eigenvalue weighted by atomic mass is 32.2. The van der Waals surface area contributed by atoms with Crippen molar-refractivity contribution < 1.29 is 0 Å². The molecule has 0 aliphatic rings. The SMILES string of the molecule is [C-]#[N+]c1cccc(-n2cccn2)c1CSc1cc(N)nc2n[nH]nc12. The lowest BCUT2D eigenvalue weighted by molar-refractivity contribution is 0.872. The minimum absolute atomic E-state index is 0.384. The molecular formula is C16H12N8S. The third-order valence-electron chi connectivity index (χ3n) is 3.65. The molecule has 4 rings (SSSR count). The van der Waals surface area contributed by atoms with Crippen LogP contribution >= 0.6 is 11.8 Å². The van der Waals surface area contributed by atoms with Gasteiger partial charge in [-0.1, -0.05) is 12.1 Å². The lowest BCUT2D eigenvalue weighted by atomic mass is 10.1. The standard InChI is InChI=1S/C16H12N8S/c1-18-11-4-2-5-12(24-7-3-6-19-24)10(11)9-25-13-8-14(17)20-16-15(13)21-23-22-16/h2-8H,9H2,(H3,17,20,21,22,23). The smallest absolute Gasteiger partial charge is 0.204 e. The summed E-state index contributed by atoms with van der Waals surface area (Å²) in [6.45, 7) is 7.46. The minimum Gasteiger partial charge on any atom is -0.384 e. The van der Waals surface area contributed by atoms with E-state index in [0.29, 0.717) is 28.4 Å². The molecule has 0 fully saturated rings. The van der Waals surface area contributed by atoms with Crippen LogP contribution in [0.2, 0.25) is 0 Å². The molecule has 3 N–H and O–H groups in total. The van der Waals surface area contributed by atoms with Gasteiger partial charge in [0, 0.05) is 23.0 Å². The van der Waals surface area contributed by atoms with Crippen molar-refractivity contribution in [3.63, 3.8) is 0 Å². The van der Waals surface area contributed by atoms with Gasteiger partial charge in [-0.25, -0.2) is 14.5 Å². The summed E-state index contributed by atoms with van der Waals surface area (Å²) in [5.74, 6) is 0.953. The van der Waals surface area contributed by atoms with Gasteiger partial charge < -0.3 is 5.73 Å². The van der Waals surface area contributed by atoms with Crippen LogP contribution in [0.25, 0.3) is 21.7 Å². The number of aromatic amines is 1. The van der Waals surface area contributed by atoms with E-state index in [-0.39, 0.29) is 0 Å². The Balaban J connectivity index is 1.73. The Kier molecular flexibility index (Phi) is 3.80. The van der Waals surface area contributed by atoms with Crippen LogP contribution in [0.15, 0.2) is 47.6 Å². The Morgan fingerprint density at radius 1 is 1.28 bits per heavy atom. The molecule has 0 aliphatic carbocycles. The quantitative estimate of drug-likeness (QED) is 0.434. The predicted octanol–water partition coefficient (Wildman–Crippen LogP) is 2.96. The van der Waals surface area contributed by atoms with E-state index in [4.69, 9.17) is 12.3 Å². The maximum absolute atomic E-state index is 7.46. The van der Waals surface area contributed by atoms with Gasteiger partial charge in [0.15, 0.2) is 5.69 Å². The average Bonchev–Trinajstić information content (AvgIpc) is 3.30. The first-order chi connectivity index (χ1) is 12.3. The Bertz CT molecular complexity index is 1080. The van der Waals surface area contributed by atoms with Gasteiger partial charge in [-0.2, -0.15) is 15.4 Å². The van der Waals surface area contributed by atoms with Crippen molar-refractivity contribution in [3.05, 3.63) is 59.7 Å². The lowest BCUT2D eigenvalue weighted by Crippen LogP contribution is -1.99. The number of pyridine rings is 1. The van der Waals surface area contributed by atoms with E-state index in [1.807, 2.05) is 30.5 Å². The number of hydrogen-bond donors (Lipinski definition) is 2. The molecule has 3 aromatic heterocycles. The molecule has 0 spiro atoms. The number of anilines is 1. The van der Waals surface area contributed by atoms with E-state index in [2.05, 4.69) is 30.3 Å². The fraction of sp³-hybridized carbons (Fsp3) is 0.0625. The van der Waals surface area contributed by atoms with E-state index in [1.54, 1.807) is 16.9 Å². The first-order valence-corrected chi connectivity index (χ1v) is 8.34. The number of nitrogen functional groups attached to an aromatic ring is 1. The van der Waals surface area contributed by atoms with Crippen LogP contribution in [0.3, 0.4) is 0 Å². The number of fused-ring (bicyclic) bond motifs is 1. The van der Waals surface area contributed by atoms with Gasteiger partial charge in [-0.3, -0.25) is 0 Å². The Hall–Kier alpha value is -3.38. The lowest BCUT2D eigenvalue weighted by Gasteiger charge is -2.11. The highest BCUT2D eigenvalue weighted by Gasteiger charge is 2.14. The van der Waals surface area contributed by atoms with Gasteiger partial charge in [-0.05, 0) is 23.8 Å². The van der Waals surface area contributed by atoms with Crippen LogP contribution in [-0.4, -0.2) is 30.2 Å². The number of nitrogens with one attached hydrogen (secondary N) is 1. The second kappa shape index (κ2) is 6.26. The molecule has 0 bridgehead atoms. The summed E-state index contributed by atoms with van der Waals surface area (Å²) < 4.78 is 1.76. The van der Waals surface area contributed by atoms with Crippen molar-refractivity contribution in [2.24, 2.45) is 0 Å². The second-order valence-corrected chi connectivity index (χ2v) is 6.18. The van der Waals surface area contributed by atoms with Gasteiger partial charge in [0.2, 0.25) is 5.65 Å². The molecule has 0 amide bonds. The van der Waals surface area contributed by atoms with E-state index < -0.39 is 0 Å². The van der Waals surface area contributed by atoms with Crippen LogP contribution in [0, 0.1) is 6.57 Å². The number of thioether (sulfide) groups is 1. The molecule has 1 aromatic carbocycles. The van der Waals surface area contributed by atoms with Crippen molar-refractivity contribution in [1.29, 1.82) is 0 Å². The number of nitrogens with zero attached hydrogens (tertiary/aromatic N) is 6. The fourth-order valence-electron chi connectivity index (χ4n) is 2.53. The molecule has 0 saturated carbocycles. The van der Waals surface area contributed by atoms with Crippen molar-refractivity contribution in [3.8, 4) is 5.69 Å². The van der Waals surface area contributed by atoms with Crippen LogP contribution in [0.4, 0.5) is 11.5 Å². The minimum atomic E-state index is 0.384. The van der Waals surface area contributed by atoms with Gasteiger partial charge in [0.1, 0.15) is 11.3 Å². The molecule has 4 aromatic rings. The molecule has 0 aliphatic heterocycles. The molecule has 9 heteroatoms. The molecule has 8 nitrogen and oxygen atoms in total. The number of rotatable bonds is 4. The van der Waals surface area contributed by atoms with Gasteiger partial charge >= 0.3 is 0 Å². The zero-order valence-electron chi connectivity index (χ0n) is 12.9. The topological polar surface area (TPSA) is 103 Å². The van der Waals surface area contributed by atoms with Gasteiger partial charge in [-0.15, -0.1) is 16.9 Å². The van der Waals surface area contributed by atoms with E-state index in [9.17, 15) is 0 Å². The Labute approximate surface area is 146 Å². The molecule has 25 heavy (non-hydrogen) atoms. The van der Waals surface area contributed by atoms with E-state index in [0.717, 1.165) is 16.1 Å². The normalized spacial score (nSPS) is 10.8. The maximum Gasteiger partial charge on any atom is 0.204 e. The number of hydrogen-bond acceptors (Lipinski definition) is 6. The number of H-pyrrole nitrogens is 1. The summed E-state index contributed by atoms with van der Waals surface area (Å²) in [5.41, 5.74) is 9.37. The zero-order valence-corrected chi connectivity index (χ0v) is 13.7. The molecule has 122 valence electrons. The summed E-state index contributed by atoms with van der Waals surface area (Å²) in [4.78, 5) is 8.65. The molecular weight excluding hydrogens is 336 g/mol. The third-order valence-corrected chi connectivity index (χ3v) is 4.70. The summed E-state index contributed by atoms with van der Waals surface area (Å²) >= 11 is 1.54. The fourth-order valence-corrected chi connectivity index (χ4v) is 3.60. The predicted molar refractivity (Wildman–Crippen MR) is 95.5 cm³/mol. The molecule has 3 heterocycles. The van der Waals surface area contributed by atoms with Crippen molar-refractivity contribution in [2.75, 3.05) is 5.73 Å². The second-order valence-electron chi connectivity index (χ2n) is 5.17. The monoisotopic (exact) mass is 348 g/mol. The largest absolute Gasteiger partial charge is 0.384 e. The van der Waals surface area contributed by atoms with Crippen molar-refractivity contribution in [1.82, 2.24) is 30.2 Å². The summed E-state index contributed by atoms with van der Waals surface area (Å²) in [5, 5.41) is 15.0. The number of nitrogens with two attached hydrogens (primary N) is 1. The van der Waals surface area contributed by atoms with E-state index >= 15 is 0 Å². The first kappa shape index (κ1) is 15.2. The maximum atomic E-state index is 7.46. The average molecular weight is 348 g/mol. The first-order valence-electron chi connectivity index (χ1n) is 7.35. The van der Waals surface area contributed by atoms with Gasteiger partial charge in [0.05, 0.1) is 12.3 Å². The summed E-state index contributed by atoms with van der Waals surface area (Å²) in [6.07, 6.45) is 3.57. The van der Waals surface area contributed by atoms with Crippen molar-refractivity contribution >= 4 is 34.4 Å². The van der Waals surface area contributed by atoms with Crippen LogP contribution in [-0.2, 0) is 5.75 Å². The van der Waals surface area contributed by atoms with Crippen LogP contribution in [0.1, 0.15) is 5.56 Å². The van der Waals surface area contributed by atoms with E-state index in [1.165, 1.54) is 11.8 Å². The zero-order chi connectivity index (χ0) is 17.2. The molecule has 0 unspecified atom stereocenters.